The molecule has 1 aromatic carbocycles. The minimum atomic E-state index is -0.308. The summed E-state index contributed by atoms with van der Waals surface area (Å²) in [5, 5.41) is 2.99. The molecule has 2 aromatic rings. The Labute approximate surface area is 140 Å². The third kappa shape index (κ3) is 3.33. The van der Waals surface area contributed by atoms with Crippen molar-refractivity contribution in [2.75, 3.05) is 18.5 Å². The first-order chi connectivity index (χ1) is 11.6. The molecule has 0 radical (unpaired) electrons. The van der Waals surface area contributed by atoms with Crippen LogP contribution in [0.4, 0.5) is 5.69 Å². The number of anilines is 1. The van der Waals surface area contributed by atoms with Crippen LogP contribution in [0.2, 0.25) is 0 Å². The highest BCUT2D eigenvalue weighted by Gasteiger charge is 2.32. The number of amides is 2. The van der Waals surface area contributed by atoms with Gasteiger partial charge in [-0.25, -0.2) is 0 Å². The maximum absolute atomic E-state index is 12.7. The van der Waals surface area contributed by atoms with Gasteiger partial charge in [-0.3, -0.25) is 9.59 Å². The van der Waals surface area contributed by atoms with Crippen molar-refractivity contribution in [3.63, 3.8) is 0 Å². The van der Waals surface area contributed by atoms with Crippen molar-refractivity contribution in [3.8, 4) is 0 Å². The number of furan rings is 1. The van der Waals surface area contributed by atoms with Crippen LogP contribution >= 0.6 is 0 Å². The summed E-state index contributed by atoms with van der Waals surface area (Å²) in [6.07, 6.45) is 3.64. The number of carbonyl (C=O) groups excluding carboxylic acids is 2. The summed E-state index contributed by atoms with van der Waals surface area (Å²) in [6, 6.07) is 10.2. The van der Waals surface area contributed by atoms with Crippen LogP contribution in [0.25, 0.3) is 0 Å². The van der Waals surface area contributed by atoms with Crippen molar-refractivity contribution in [1.82, 2.24) is 5.32 Å². The van der Waals surface area contributed by atoms with Crippen LogP contribution < -0.4 is 16.0 Å². The van der Waals surface area contributed by atoms with Gasteiger partial charge in [0.1, 0.15) is 0 Å². The molecule has 6 nitrogen and oxygen atoms in total. The van der Waals surface area contributed by atoms with E-state index < -0.39 is 0 Å². The Morgan fingerprint density at radius 3 is 2.67 bits per heavy atom. The molecule has 1 fully saturated rings. The topological polar surface area (TPSA) is 88.6 Å². The van der Waals surface area contributed by atoms with Crippen molar-refractivity contribution in [3.05, 3.63) is 54.0 Å². The summed E-state index contributed by atoms with van der Waals surface area (Å²) < 4.78 is 5.15. The molecule has 1 heterocycles. The number of benzene rings is 1. The zero-order valence-electron chi connectivity index (χ0n) is 13.6. The Morgan fingerprint density at radius 2 is 2.04 bits per heavy atom. The molecule has 6 heteroatoms. The minimum absolute atomic E-state index is 0.0170. The summed E-state index contributed by atoms with van der Waals surface area (Å²) in [4.78, 5) is 26.5. The van der Waals surface area contributed by atoms with Gasteiger partial charge in [0.15, 0.2) is 5.76 Å². The van der Waals surface area contributed by atoms with E-state index in [4.69, 9.17) is 10.2 Å². The molecule has 1 aromatic heterocycles. The van der Waals surface area contributed by atoms with Crippen LogP contribution in [0.15, 0.2) is 47.1 Å². The quantitative estimate of drug-likeness (QED) is 0.849. The van der Waals surface area contributed by atoms with E-state index in [2.05, 4.69) is 5.32 Å². The summed E-state index contributed by atoms with van der Waals surface area (Å²) in [7, 11) is 1.62. The van der Waals surface area contributed by atoms with E-state index in [1.165, 1.54) is 11.2 Å². The van der Waals surface area contributed by atoms with Gasteiger partial charge < -0.3 is 20.4 Å². The highest BCUT2D eigenvalue weighted by molar-refractivity contribution is 6.09. The van der Waals surface area contributed by atoms with Crippen molar-refractivity contribution < 1.29 is 14.0 Å². The Kier molecular flexibility index (Phi) is 4.66. The molecule has 0 aliphatic heterocycles. The number of rotatable bonds is 6. The standard InChI is InChI=1S/C18H21N3O3/c1-21(18(23)16-7-4-10-24-16)15-6-3-2-5-13(15)17(22)20-14(11-19)12-8-9-12/h2-7,10,12,14H,8-9,11,19H2,1H3,(H,20,22). The van der Waals surface area contributed by atoms with Gasteiger partial charge in [-0.1, -0.05) is 12.1 Å². The molecule has 1 aliphatic carbocycles. The third-order valence-electron chi connectivity index (χ3n) is 4.31. The van der Waals surface area contributed by atoms with Crippen LogP contribution in [-0.2, 0) is 0 Å². The fourth-order valence-electron chi connectivity index (χ4n) is 2.75. The maximum atomic E-state index is 12.7. The van der Waals surface area contributed by atoms with E-state index in [1.807, 2.05) is 0 Å². The molecule has 1 unspecified atom stereocenters. The first-order valence-corrected chi connectivity index (χ1v) is 8.03. The van der Waals surface area contributed by atoms with Crippen molar-refractivity contribution >= 4 is 17.5 Å². The third-order valence-corrected chi connectivity index (χ3v) is 4.31. The second kappa shape index (κ2) is 6.88. The van der Waals surface area contributed by atoms with Gasteiger partial charge in [-0.05, 0) is 43.0 Å². The van der Waals surface area contributed by atoms with Gasteiger partial charge in [0.25, 0.3) is 11.8 Å². The summed E-state index contributed by atoms with van der Waals surface area (Å²) in [5.41, 5.74) is 6.73. The predicted octanol–water partition coefficient (Wildman–Crippen LogP) is 2.02. The van der Waals surface area contributed by atoms with E-state index in [0.29, 0.717) is 23.7 Å². The predicted molar refractivity (Wildman–Crippen MR) is 90.9 cm³/mol. The molecule has 3 N–H and O–H groups in total. The van der Waals surface area contributed by atoms with Crippen molar-refractivity contribution in [1.29, 1.82) is 0 Å². The molecule has 1 atom stereocenters. The SMILES string of the molecule is CN(C(=O)c1ccco1)c1ccccc1C(=O)NC(CN)C1CC1. The fraction of sp³-hybridized carbons (Fsp3) is 0.333. The molecule has 3 rings (SSSR count). The number of hydrogen-bond donors (Lipinski definition) is 2. The number of nitrogens with two attached hydrogens (primary N) is 1. The molecule has 24 heavy (non-hydrogen) atoms. The van der Waals surface area contributed by atoms with Gasteiger partial charge in [-0.15, -0.1) is 0 Å². The molecule has 0 bridgehead atoms. The summed E-state index contributed by atoms with van der Waals surface area (Å²) in [5.74, 6) is 0.170. The number of para-hydroxylation sites is 1. The zero-order chi connectivity index (χ0) is 17.1. The second-order valence-electron chi connectivity index (χ2n) is 6.01. The largest absolute Gasteiger partial charge is 0.459 e. The molecule has 0 saturated heterocycles. The Bertz CT molecular complexity index is 723. The first kappa shape index (κ1) is 16.3. The van der Waals surface area contributed by atoms with Gasteiger partial charge in [-0.2, -0.15) is 0 Å². The Hall–Kier alpha value is -2.60. The van der Waals surface area contributed by atoms with Crippen LogP contribution in [0.5, 0.6) is 0 Å². The van der Waals surface area contributed by atoms with Crippen LogP contribution in [0, 0.1) is 5.92 Å². The highest BCUT2D eigenvalue weighted by Crippen LogP contribution is 2.32. The number of nitrogens with zero attached hydrogens (tertiary/aromatic N) is 1. The average molecular weight is 327 g/mol. The van der Waals surface area contributed by atoms with E-state index >= 15 is 0 Å². The Morgan fingerprint density at radius 1 is 1.29 bits per heavy atom. The number of carbonyl (C=O) groups is 2. The van der Waals surface area contributed by atoms with Crippen LogP contribution in [0.3, 0.4) is 0 Å². The lowest BCUT2D eigenvalue weighted by Gasteiger charge is -2.21. The van der Waals surface area contributed by atoms with Gasteiger partial charge in [0, 0.05) is 19.6 Å². The summed E-state index contributed by atoms with van der Waals surface area (Å²) >= 11 is 0. The van der Waals surface area contributed by atoms with Crippen molar-refractivity contribution in [2.45, 2.75) is 18.9 Å². The number of hydrogen-bond acceptors (Lipinski definition) is 4. The molecule has 1 saturated carbocycles. The van der Waals surface area contributed by atoms with Crippen molar-refractivity contribution in [2.24, 2.45) is 11.7 Å². The minimum Gasteiger partial charge on any atom is -0.459 e. The van der Waals surface area contributed by atoms with E-state index in [1.54, 1.807) is 43.4 Å². The van der Waals surface area contributed by atoms with Crippen LogP contribution in [-0.4, -0.2) is 31.4 Å². The molecule has 0 spiro atoms. The maximum Gasteiger partial charge on any atom is 0.293 e. The molecule has 126 valence electrons. The molecular weight excluding hydrogens is 306 g/mol. The molecular formula is C18H21N3O3. The van der Waals surface area contributed by atoms with Gasteiger partial charge in [0.05, 0.1) is 17.5 Å². The van der Waals surface area contributed by atoms with E-state index in [0.717, 1.165) is 12.8 Å². The van der Waals surface area contributed by atoms with Crippen LogP contribution in [0.1, 0.15) is 33.8 Å². The lowest BCUT2D eigenvalue weighted by Crippen LogP contribution is -2.42. The zero-order valence-corrected chi connectivity index (χ0v) is 13.6. The Balaban J connectivity index is 1.81. The average Bonchev–Trinajstić information content (AvgIpc) is 3.31. The monoisotopic (exact) mass is 327 g/mol. The van der Waals surface area contributed by atoms with E-state index in [9.17, 15) is 9.59 Å². The number of nitrogens with one attached hydrogen (secondary N) is 1. The van der Waals surface area contributed by atoms with E-state index in [-0.39, 0.29) is 23.6 Å². The molecule has 1 aliphatic rings. The molecule has 2 amide bonds. The van der Waals surface area contributed by atoms with Gasteiger partial charge in [0.2, 0.25) is 0 Å². The van der Waals surface area contributed by atoms with Gasteiger partial charge >= 0.3 is 0 Å². The summed E-state index contributed by atoms with van der Waals surface area (Å²) in [6.45, 7) is 0.416. The normalized spacial score (nSPS) is 14.9. The lowest BCUT2D eigenvalue weighted by molar-refractivity contribution is 0.0934. The smallest absolute Gasteiger partial charge is 0.293 e. The second-order valence-corrected chi connectivity index (χ2v) is 6.01. The lowest BCUT2D eigenvalue weighted by atomic mass is 10.1. The first-order valence-electron chi connectivity index (χ1n) is 8.03. The fourth-order valence-corrected chi connectivity index (χ4v) is 2.75. The highest BCUT2D eigenvalue weighted by atomic mass is 16.3.